The van der Waals surface area contributed by atoms with Crippen molar-refractivity contribution in [2.24, 2.45) is 0 Å². The molecular weight excluding hydrogens is 374 g/mol. The average molecular weight is 397 g/mol. The molecule has 1 aliphatic heterocycles. The van der Waals surface area contributed by atoms with Gasteiger partial charge < -0.3 is 5.32 Å². The summed E-state index contributed by atoms with van der Waals surface area (Å²) in [4.78, 5) is 25.2. The van der Waals surface area contributed by atoms with Crippen molar-refractivity contribution < 1.29 is 18.0 Å². The van der Waals surface area contributed by atoms with E-state index < -0.39 is 9.84 Å². The van der Waals surface area contributed by atoms with E-state index in [9.17, 15) is 18.0 Å². The van der Waals surface area contributed by atoms with Crippen LogP contribution >= 0.6 is 0 Å². The number of fused-ring (bicyclic) bond motifs is 2. The van der Waals surface area contributed by atoms with Crippen LogP contribution in [0.15, 0.2) is 47.4 Å². The highest BCUT2D eigenvalue weighted by Gasteiger charge is 2.30. The number of Topliss-reactive ketones (excluding diaryl/α,β-unsaturated/α-hetero) is 1. The van der Waals surface area contributed by atoms with Crippen molar-refractivity contribution in [3.8, 4) is 0 Å². The van der Waals surface area contributed by atoms with Gasteiger partial charge >= 0.3 is 0 Å². The molecule has 28 heavy (non-hydrogen) atoms. The Morgan fingerprint density at radius 1 is 1.00 bits per heavy atom. The van der Waals surface area contributed by atoms with Gasteiger partial charge in [0.15, 0.2) is 15.6 Å². The molecule has 0 spiro atoms. The van der Waals surface area contributed by atoms with Crippen LogP contribution < -0.4 is 5.32 Å². The van der Waals surface area contributed by atoms with Gasteiger partial charge in [-0.15, -0.1) is 0 Å². The van der Waals surface area contributed by atoms with Gasteiger partial charge in [0.05, 0.1) is 16.7 Å². The topological polar surface area (TPSA) is 80.3 Å². The molecule has 1 heterocycles. The lowest BCUT2D eigenvalue weighted by molar-refractivity contribution is -0.121. The summed E-state index contributed by atoms with van der Waals surface area (Å²) in [6.45, 7) is 0. The van der Waals surface area contributed by atoms with Gasteiger partial charge in [-0.05, 0) is 54.5 Å². The fourth-order valence-corrected chi connectivity index (χ4v) is 5.74. The van der Waals surface area contributed by atoms with Crippen LogP contribution in [0, 0.1) is 0 Å². The number of amides is 1. The SMILES string of the molecule is O=C(CCC(=O)c1ccc2c(c1)CCC2)N[C@H]1CCS(=O)(=O)c2ccccc21. The molecule has 0 saturated heterocycles. The predicted octanol–water partition coefficient (Wildman–Crippen LogP) is 3.17. The van der Waals surface area contributed by atoms with Gasteiger partial charge in [-0.1, -0.05) is 30.3 Å². The first-order chi connectivity index (χ1) is 13.4. The largest absolute Gasteiger partial charge is 0.349 e. The molecule has 0 saturated carbocycles. The summed E-state index contributed by atoms with van der Waals surface area (Å²) in [6, 6.07) is 12.3. The molecule has 2 aromatic carbocycles. The van der Waals surface area contributed by atoms with Crippen LogP contribution in [0.4, 0.5) is 0 Å². The van der Waals surface area contributed by atoms with E-state index in [4.69, 9.17) is 0 Å². The first-order valence-corrected chi connectivity index (χ1v) is 11.4. The lowest BCUT2D eigenvalue weighted by Gasteiger charge is -2.26. The first-order valence-electron chi connectivity index (χ1n) is 9.70. The molecule has 1 N–H and O–H groups in total. The van der Waals surface area contributed by atoms with Gasteiger partial charge in [0, 0.05) is 18.4 Å². The second kappa shape index (κ2) is 7.51. The number of nitrogens with one attached hydrogen (secondary N) is 1. The lowest BCUT2D eigenvalue weighted by Crippen LogP contribution is -2.34. The van der Waals surface area contributed by atoms with Crippen molar-refractivity contribution in [1.29, 1.82) is 0 Å². The molecule has 0 unspecified atom stereocenters. The third kappa shape index (κ3) is 3.74. The number of hydrogen-bond acceptors (Lipinski definition) is 4. The van der Waals surface area contributed by atoms with Crippen molar-refractivity contribution >= 4 is 21.5 Å². The predicted molar refractivity (Wildman–Crippen MR) is 106 cm³/mol. The smallest absolute Gasteiger partial charge is 0.220 e. The summed E-state index contributed by atoms with van der Waals surface area (Å²) < 4.78 is 24.4. The van der Waals surface area contributed by atoms with Crippen molar-refractivity contribution in [2.75, 3.05) is 5.75 Å². The van der Waals surface area contributed by atoms with Crippen LogP contribution in [-0.4, -0.2) is 25.9 Å². The Labute approximate surface area is 165 Å². The normalized spacial score (nSPS) is 19.5. The maximum Gasteiger partial charge on any atom is 0.220 e. The van der Waals surface area contributed by atoms with Crippen LogP contribution in [0.3, 0.4) is 0 Å². The van der Waals surface area contributed by atoms with Gasteiger partial charge in [-0.2, -0.15) is 0 Å². The summed E-state index contributed by atoms with van der Waals surface area (Å²) in [5.74, 6) is -0.242. The molecular formula is C22H23NO4S. The Kier molecular flexibility index (Phi) is 5.06. The van der Waals surface area contributed by atoms with E-state index >= 15 is 0 Å². The van der Waals surface area contributed by atoms with Crippen molar-refractivity contribution in [1.82, 2.24) is 5.32 Å². The monoisotopic (exact) mass is 397 g/mol. The molecule has 0 aromatic heterocycles. The fraction of sp³-hybridized carbons (Fsp3) is 0.364. The molecule has 1 amide bonds. The zero-order chi connectivity index (χ0) is 19.7. The Bertz CT molecular complexity index is 1040. The average Bonchev–Trinajstić information content (AvgIpc) is 3.16. The van der Waals surface area contributed by atoms with E-state index in [1.54, 1.807) is 24.3 Å². The molecule has 2 aromatic rings. The molecule has 5 nitrogen and oxygen atoms in total. The summed E-state index contributed by atoms with van der Waals surface area (Å²) in [5.41, 5.74) is 3.87. The zero-order valence-corrected chi connectivity index (χ0v) is 16.4. The molecule has 4 rings (SSSR count). The summed E-state index contributed by atoms with van der Waals surface area (Å²) in [6.07, 6.45) is 3.82. The van der Waals surface area contributed by atoms with Crippen LogP contribution in [0.25, 0.3) is 0 Å². The minimum Gasteiger partial charge on any atom is -0.349 e. The van der Waals surface area contributed by atoms with Gasteiger partial charge in [0.2, 0.25) is 5.91 Å². The third-order valence-electron chi connectivity index (χ3n) is 5.64. The number of carbonyl (C=O) groups is 2. The molecule has 0 radical (unpaired) electrons. The first kappa shape index (κ1) is 18.9. The van der Waals surface area contributed by atoms with Gasteiger partial charge in [-0.3, -0.25) is 9.59 Å². The van der Waals surface area contributed by atoms with E-state index in [-0.39, 0.29) is 36.3 Å². The number of aryl methyl sites for hydroxylation is 2. The van der Waals surface area contributed by atoms with Crippen LogP contribution in [0.2, 0.25) is 0 Å². The van der Waals surface area contributed by atoms with E-state index in [0.29, 0.717) is 22.4 Å². The zero-order valence-electron chi connectivity index (χ0n) is 15.6. The maximum absolute atomic E-state index is 12.5. The molecule has 6 heteroatoms. The molecule has 1 atom stereocenters. The van der Waals surface area contributed by atoms with E-state index in [0.717, 1.165) is 19.3 Å². The molecule has 146 valence electrons. The second-order valence-electron chi connectivity index (χ2n) is 7.53. The number of sulfone groups is 1. The van der Waals surface area contributed by atoms with Crippen molar-refractivity contribution in [3.63, 3.8) is 0 Å². The number of rotatable bonds is 5. The van der Waals surface area contributed by atoms with Gasteiger partial charge in [0.25, 0.3) is 0 Å². The van der Waals surface area contributed by atoms with E-state index in [2.05, 4.69) is 5.32 Å². The van der Waals surface area contributed by atoms with Gasteiger partial charge in [0.1, 0.15) is 0 Å². The standard InChI is InChI=1S/C22H23NO4S/c24-20(17-9-8-15-4-3-5-16(15)14-17)10-11-22(25)23-19-12-13-28(26,27)21-7-2-1-6-18(19)21/h1-2,6-9,14,19H,3-5,10-13H2,(H,23,25)/t19-/m0/s1. The fourth-order valence-electron chi connectivity index (χ4n) is 4.12. The maximum atomic E-state index is 12.5. The highest BCUT2D eigenvalue weighted by atomic mass is 32.2. The summed E-state index contributed by atoms with van der Waals surface area (Å²) >= 11 is 0. The summed E-state index contributed by atoms with van der Waals surface area (Å²) in [7, 11) is -3.28. The van der Waals surface area contributed by atoms with E-state index in [1.807, 2.05) is 18.2 Å². The number of benzene rings is 2. The Morgan fingerprint density at radius 2 is 1.79 bits per heavy atom. The minimum atomic E-state index is -3.28. The highest BCUT2D eigenvalue weighted by molar-refractivity contribution is 7.91. The van der Waals surface area contributed by atoms with Gasteiger partial charge in [-0.25, -0.2) is 8.42 Å². The quantitative estimate of drug-likeness (QED) is 0.786. The summed E-state index contributed by atoms with van der Waals surface area (Å²) in [5, 5.41) is 2.91. The van der Waals surface area contributed by atoms with Crippen molar-refractivity contribution in [2.45, 2.75) is 49.5 Å². The molecule has 0 fully saturated rings. The number of ketones is 1. The van der Waals surface area contributed by atoms with Crippen LogP contribution in [0.5, 0.6) is 0 Å². The minimum absolute atomic E-state index is 0.0169. The second-order valence-corrected chi connectivity index (χ2v) is 9.60. The number of carbonyl (C=O) groups excluding carboxylic acids is 2. The Balaban J connectivity index is 1.38. The van der Waals surface area contributed by atoms with E-state index in [1.165, 1.54) is 11.1 Å². The Morgan fingerprint density at radius 3 is 2.64 bits per heavy atom. The molecule has 2 aliphatic rings. The van der Waals surface area contributed by atoms with Crippen LogP contribution in [0.1, 0.15) is 58.8 Å². The Hall–Kier alpha value is -2.47. The molecule has 1 aliphatic carbocycles. The van der Waals surface area contributed by atoms with Crippen molar-refractivity contribution in [3.05, 3.63) is 64.7 Å². The lowest BCUT2D eigenvalue weighted by atomic mass is 10.0. The number of hydrogen-bond donors (Lipinski definition) is 1. The highest BCUT2D eigenvalue weighted by Crippen LogP contribution is 2.32. The third-order valence-corrected chi connectivity index (χ3v) is 7.45. The molecule has 0 bridgehead atoms. The van der Waals surface area contributed by atoms with Crippen LogP contribution in [-0.2, 0) is 27.5 Å².